The molecule has 0 saturated carbocycles. The highest BCUT2D eigenvalue weighted by molar-refractivity contribution is 7.90. The summed E-state index contributed by atoms with van der Waals surface area (Å²) in [5.41, 5.74) is 1.96. The predicted octanol–water partition coefficient (Wildman–Crippen LogP) is 1.46. The molecule has 0 bridgehead atoms. The number of anilines is 1. The Hall–Kier alpha value is -1.76. The van der Waals surface area contributed by atoms with Gasteiger partial charge in [0.25, 0.3) is 0 Å². The lowest BCUT2D eigenvalue weighted by Gasteiger charge is -2.17. The van der Waals surface area contributed by atoms with Crippen molar-refractivity contribution in [1.82, 2.24) is 0 Å². The summed E-state index contributed by atoms with van der Waals surface area (Å²) in [7, 11) is -1.38. The van der Waals surface area contributed by atoms with Gasteiger partial charge in [-0.2, -0.15) is 0 Å². The van der Waals surface area contributed by atoms with Crippen LogP contribution in [0.1, 0.15) is 12.0 Å². The number of hydrogen-bond acceptors (Lipinski definition) is 6. The highest BCUT2D eigenvalue weighted by Gasteiger charge is 2.13. The molecule has 0 radical (unpaired) electrons. The quantitative estimate of drug-likeness (QED) is 0.805. The van der Waals surface area contributed by atoms with Gasteiger partial charge in [-0.1, -0.05) is 0 Å². The van der Waals surface area contributed by atoms with Crippen molar-refractivity contribution in [2.45, 2.75) is 13.0 Å². The molecule has 1 N–H and O–H groups in total. The third-order valence-electron chi connectivity index (χ3n) is 2.88. The highest BCUT2D eigenvalue weighted by atomic mass is 32.2. The molecule has 0 fully saturated rings. The van der Waals surface area contributed by atoms with Crippen LogP contribution in [0.4, 0.5) is 5.69 Å². The molecule has 0 aliphatic carbocycles. The zero-order chi connectivity index (χ0) is 14.6. The summed E-state index contributed by atoms with van der Waals surface area (Å²) in [6, 6.07) is 3.73. The van der Waals surface area contributed by atoms with Gasteiger partial charge in [-0.3, -0.25) is 4.99 Å². The van der Waals surface area contributed by atoms with Crippen LogP contribution in [0.3, 0.4) is 0 Å². The van der Waals surface area contributed by atoms with Gasteiger partial charge in [0.05, 0.1) is 32.4 Å². The maximum Gasteiger partial charge on any atom is 0.163 e. The maximum atomic E-state index is 11.1. The zero-order valence-electron chi connectivity index (χ0n) is 11.5. The molecule has 20 heavy (non-hydrogen) atoms. The first-order valence-corrected chi connectivity index (χ1v) is 8.32. The summed E-state index contributed by atoms with van der Waals surface area (Å²) in [5, 5.41) is 3.05. The normalized spacial score (nSPS) is 13.5. The Labute approximate surface area is 118 Å². The SMILES string of the molecule is COc1cc2c(cc1OCCCS(C)(=O)=O)NC=NC2. The van der Waals surface area contributed by atoms with E-state index in [2.05, 4.69) is 10.3 Å². The van der Waals surface area contributed by atoms with Gasteiger partial charge in [0.15, 0.2) is 11.5 Å². The van der Waals surface area contributed by atoms with Crippen LogP contribution in [-0.2, 0) is 16.4 Å². The van der Waals surface area contributed by atoms with E-state index in [1.54, 1.807) is 13.4 Å². The van der Waals surface area contributed by atoms with E-state index in [0.717, 1.165) is 11.3 Å². The van der Waals surface area contributed by atoms with E-state index in [0.29, 0.717) is 31.1 Å². The van der Waals surface area contributed by atoms with E-state index in [9.17, 15) is 8.42 Å². The first-order chi connectivity index (χ1) is 9.49. The molecule has 0 amide bonds. The highest BCUT2D eigenvalue weighted by Crippen LogP contribution is 2.34. The molecule has 0 saturated heterocycles. The Bertz CT molecular complexity index is 611. The van der Waals surface area contributed by atoms with Crippen molar-refractivity contribution in [3.05, 3.63) is 17.7 Å². The van der Waals surface area contributed by atoms with Crippen LogP contribution < -0.4 is 14.8 Å². The van der Waals surface area contributed by atoms with E-state index in [-0.39, 0.29) is 5.75 Å². The minimum atomic E-state index is -2.95. The second-order valence-electron chi connectivity index (χ2n) is 4.61. The summed E-state index contributed by atoms with van der Waals surface area (Å²) in [6.45, 7) is 0.934. The molecule has 110 valence electrons. The predicted molar refractivity (Wildman–Crippen MR) is 78.6 cm³/mol. The van der Waals surface area contributed by atoms with Gasteiger partial charge in [-0.05, 0) is 12.5 Å². The van der Waals surface area contributed by atoms with Crippen molar-refractivity contribution in [2.75, 3.05) is 31.0 Å². The molecule has 0 spiro atoms. The van der Waals surface area contributed by atoms with Crippen molar-refractivity contribution < 1.29 is 17.9 Å². The molecule has 1 heterocycles. The number of fused-ring (bicyclic) bond motifs is 1. The first kappa shape index (κ1) is 14.6. The van der Waals surface area contributed by atoms with Crippen LogP contribution in [0.25, 0.3) is 0 Å². The minimum absolute atomic E-state index is 0.116. The largest absolute Gasteiger partial charge is 0.493 e. The van der Waals surface area contributed by atoms with Gasteiger partial charge in [0, 0.05) is 23.6 Å². The van der Waals surface area contributed by atoms with Crippen molar-refractivity contribution >= 4 is 21.9 Å². The molecule has 0 atom stereocenters. The van der Waals surface area contributed by atoms with Crippen LogP contribution in [0.15, 0.2) is 17.1 Å². The number of methoxy groups -OCH3 is 1. The molecule has 0 aromatic heterocycles. The number of nitrogens with one attached hydrogen (secondary N) is 1. The van der Waals surface area contributed by atoms with Crippen LogP contribution in [0.5, 0.6) is 11.5 Å². The summed E-state index contributed by atoms with van der Waals surface area (Å²) >= 11 is 0. The van der Waals surface area contributed by atoms with E-state index >= 15 is 0 Å². The lowest BCUT2D eigenvalue weighted by atomic mass is 10.1. The summed E-state index contributed by atoms with van der Waals surface area (Å²) in [6.07, 6.45) is 3.31. The summed E-state index contributed by atoms with van der Waals surface area (Å²) in [5.74, 6) is 1.34. The number of sulfone groups is 1. The molecule has 1 aliphatic heterocycles. The van der Waals surface area contributed by atoms with Gasteiger partial charge in [0.1, 0.15) is 9.84 Å². The molecule has 0 unspecified atom stereocenters. The Morgan fingerprint density at radius 1 is 1.35 bits per heavy atom. The molecule has 6 nitrogen and oxygen atoms in total. The molecule has 7 heteroatoms. The number of nitrogens with zero attached hydrogens (tertiary/aromatic N) is 1. The van der Waals surface area contributed by atoms with Crippen molar-refractivity contribution in [3.63, 3.8) is 0 Å². The van der Waals surface area contributed by atoms with Crippen LogP contribution >= 0.6 is 0 Å². The van der Waals surface area contributed by atoms with E-state index in [4.69, 9.17) is 9.47 Å². The van der Waals surface area contributed by atoms with Crippen molar-refractivity contribution in [3.8, 4) is 11.5 Å². The number of aliphatic imine (C=N–C) groups is 1. The van der Waals surface area contributed by atoms with Gasteiger partial charge in [-0.15, -0.1) is 0 Å². The Morgan fingerprint density at radius 2 is 2.15 bits per heavy atom. The van der Waals surface area contributed by atoms with E-state index in [1.165, 1.54) is 6.26 Å². The number of rotatable bonds is 6. The lowest BCUT2D eigenvalue weighted by Crippen LogP contribution is -2.10. The number of hydrogen-bond donors (Lipinski definition) is 1. The topological polar surface area (TPSA) is 77.0 Å². The Morgan fingerprint density at radius 3 is 2.85 bits per heavy atom. The van der Waals surface area contributed by atoms with Crippen LogP contribution in [0.2, 0.25) is 0 Å². The number of ether oxygens (including phenoxy) is 2. The number of benzene rings is 1. The second kappa shape index (κ2) is 6.13. The fourth-order valence-electron chi connectivity index (χ4n) is 1.90. The molecular formula is C13H18N2O4S. The maximum absolute atomic E-state index is 11.1. The minimum Gasteiger partial charge on any atom is -0.493 e. The monoisotopic (exact) mass is 298 g/mol. The zero-order valence-corrected chi connectivity index (χ0v) is 12.4. The summed E-state index contributed by atoms with van der Waals surface area (Å²) < 4.78 is 33.0. The third-order valence-corrected chi connectivity index (χ3v) is 3.91. The van der Waals surface area contributed by atoms with Crippen LogP contribution in [-0.4, -0.2) is 40.5 Å². The molecule has 2 rings (SSSR count). The summed E-state index contributed by atoms with van der Waals surface area (Å²) in [4.78, 5) is 4.13. The second-order valence-corrected chi connectivity index (χ2v) is 6.87. The Balaban J connectivity index is 2.04. The lowest BCUT2D eigenvalue weighted by molar-refractivity contribution is 0.294. The first-order valence-electron chi connectivity index (χ1n) is 6.26. The van der Waals surface area contributed by atoms with Crippen molar-refractivity contribution in [1.29, 1.82) is 0 Å². The molecule has 1 aliphatic rings. The molecule has 1 aromatic carbocycles. The van der Waals surface area contributed by atoms with Gasteiger partial charge >= 0.3 is 0 Å². The smallest absolute Gasteiger partial charge is 0.163 e. The third kappa shape index (κ3) is 3.86. The Kier molecular flexibility index (Phi) is 4.49. The van der Waals surface area contributed by atoms with E-state index in [1.807, 2.05) is 12.1 Å². The van der Waals surface area contributed by atoms with Gasteiger partial charge < -0.3 is 14.8 Å². The van der Waals surface area contributed by atoms with Crippen molar-refractivity contribution in [2.24, 2.45) is 4.99 Å². The average molecular weight is 298 g/mol. The van der Waals surface area contributed by atoms with E-state index < -0.39 is 9.84 Å². The fourth-order valence-corrected chi connectivity index (χ4v) is 2.54. The fraction of sp³-hybridized carbons (Fsp3) is 0.462. The van der Waals surface area contributed by atoms with Crippen LogP contribution in [0, 0.1) is 0 Å². The average Bonchev–Trinajstić information content (AvgIpc) is 2.41. The van der Waals surface area contributed by atoms with Gasteiger partial charge in [-0.25, -0.2) is 8.42 Å². The van der Waals surface area contributed by atoms with Gasteiger partial charge in [0.2, 0.25) is 0 Å². The standard InChI is InChI=1S/C13H18N2O4S/c1-18-12-6-10-8-14-9-15-11(10)7-13(12)19-4-3-5-20(2,16)17/h6-7,9H,3-5,8H2,1-2H3,(H,14,15). The molecule has 1 aromatic rings. The molecular weight excluding hydrogens is 280 g/mol.